The molecule has 0 amide bonds. The van der Waals surface area contributed by atoms with Crippen LogP contribution in [0.25, 0.3) is 11.3 Å². The van der Waals surface area contributed by atoms with Crippen LogP contribution in [0, 0.1) is 6.92 Å². The molecule has 0 saturated carbocycles. The molecule has 2 nitrogen and oxygen atoms in total. The van der Waals surface area contributed by atoms with Crippen molar-refractivity contribution in [1.82, 2.24) is 4.98 Å². The molecule has 0 unspecified atom stereocenters. The van der Waals surface area contributed by atoms with Gasteiger partial charge in [0.15, 0.2) is 5.89 Å². The second-order valence-electron chi connectivity index (χ2n) is 5.25. The number of oxazole rings is 1. The molecule has 0 spiro atoms. The average Bonchev–Trinajstić information content (AvgIpc) is 2.70. The summed E-state index contributed by atoms with van der Waals surface area (Å²) in [5, 5.41) is 0. The average molecular weight is 294 g/mol. The lowest BCUT2D eigenvalue weighted by molar-refractivity contribution is 0.392. The summed E-state index contributed by atoms with van der Waals surface area (Å²) < 4.78 is 6.62. The van der Waals surface area contributed by atoms with E-state index in [-0.39, 0.29) is 5.41 Å². The lowest BCUT2D eigenvalue weighted by Crippen LogP contribution is -2.11. The number of rotatable bonds is 1. The molecular formula is C14H16BrNO. The monoisotopic (exact) mass is 293 g/mol. The molecule has 1 aromatic carbocycles. The molecule has 0 atom stereocenters. The molecule has 1 heterocycles. The molecular weight excluding hydrogens is 278 g/mol. The van der Waals surface area contributed by atoms with Crippen LogP contribution in [0.5, 0.6) is 0 Å². The van der Waals surface area contributed by atoms with Crippen LogP contribution in [-0.4, -0.2) is 4.98 Å². The molecule has 0 N–H and O–H groups in total. The SMILES string of the molecule is Cc1ccc(-c2coc(C(C)(C)C)n2)cc1Br. The third-order valence-electron chi connectivity index (χ3n) is 2.61. The molecule has 1 aromatic heterocycles. The van der Waals surface area contributed by atoms with Gasteiger partial charge in [-0.05, 0) is 18.6 Å². The Balaban J connectivity index is 2.40. The van der Waals surface area contributed by atoms with Gasteiger partial charge in [-0.25, -0.2) is 4.98 Å². The van der Waals surface area contributed by atoms with Crippen molar-refractivity contribution in [3.8, 4) is 11.3 Å². The van der Waals surface area contributed by atoms with Gasteiger partial charge in [0.2, 0.25) is 0 Å². The van der Waals surface area contributed by atoms with E-state index in [1.807, 2.05) is 0 Å². The summed E-state index contributed by atoms with van der Waals surface area (Å²) in [4.78, 5) is 4.54. The second kappa shape index (κ2) is 4.30. The lowest BCUT2D eigenvalue weighted by Gasteiger charge is -2.11. The fraction of sp³-hybridized carbons (Fsp3) is 0.357. The van der Waals surface area contributed by atoms with Gasteiger partial charge in [-0.1, -0.05) is 48.8 Å². The number of nitrogens with zero attached hydrogens (tertiary/aromatic N) is 1. The van der Waals surface area contributed by atoms with Crippen molar-refractivity contribution >= 4 is 15.9 Å². The Morgan fingerprint density at radius 3 is 2.47 bits per heavy atom. The van der Waals surface area contributed by atoms with Gasteiger partial charge in [-0.2, -0.15) is 0 Å². The highest BCUT2D eigenvalue weighted by molar-refractivity contribution is 9.10. The van der Waals surface area contributed by atoms with E-state index in [9.17, 15) is 0 Å². The Morgan fingerprint density at radius 2 is 1.94 bits per heavy atom. The highest BCUT2D eigenvalue weighted by atomic mass is 79.9. The van der Waals surface area contributed by atoms with Crippen molar-refractivity contribution in [2.45, 2.75) is 33.1 Å². The molecule has 2 aromatic rings. The second-order valence-corrected chi connectivity index (χ2v) is 6.11. The minimum absolute atomic E-state index is 0.0554. The quantitative estimate of drug-likeness (QED) is 0.761. The summed E-state index contributed by atoms with van der Waals surface area (Å²) in [7, 11) is 0. The molecule has 17 heavy (non-hydrogen) atoms. The normalized spacial score (nSPS) is 11.8. The number of aromatic nitrogens is 1. The van der Waals surface area contributed by atoms with Crippen molar-refractivity contribution in [2.24, 2.45) is 0 Å². The van der Waals surface area contributed by atoms with Crippen molar-refractivity contribution < 1.29 is 4.42 Å². The van der Waals surface area contributed by atoms with Crippen molar-refractivity contribution in [3.05, 3.63) is 40.4 Å². The standard InChI is InChI=1S/C14H16BrNO/c1-9-5-6-10(7-11(9)15)12-8-17-13(16-12)14(2,3)4/h5-8H,1-4H3. The number of hydrogen-bond acceptors (Lipinski definition) is 2. The summed E-state index contributed by atoms with van der Waals surface area (Å²) >= 11 is 3.53. The number of hydrogen-bond donors (Lipinski definition) is 0. The zero-order valence-electron chi connectivity index (χ0n) is 10.5. The first-order chi connectivity index (χ1) is 7.88. The van der Waals surface area contributed by atoms with E-state index in [1.165, 1.54) is 5.56 Å². The third-order valence-corrected chi connectivity index (χ3v) is 3.47. The van der Waals surface area contributed by atoms with Crippen molar-refractivity contribution in [1.29, 1.82) is 0 Å². The Kier molecular flexibility index (Phi) is 3.13. The van der Waals surface area contributed by atoms with Crippen LogP contribution in [-0.2, 0) is 5.41 Å². The maximum atomic E-state index is 5.53. The molecule has 0 aliphatic carbocycles. The third kappa shape index (κ3) is 2.60. The van der Waals surface area contributed by atoms with E-state index >= 15 is 0 Å². The van der Waals surface area contributed by atoms with E-state index in [1.54, 1.807) is 6.26 Å². The van der Waals surface area contributed by atoms with Crippen molar-refractivity contribution in [3.63, 3.8) is 0 Å². The van der Waals surface area contributed by atoms with Crippen LogP contribution in [0.2, 0.25) is 0 Å². The molecule has 0 radical (unpaired) electrons. The molecule has 2 rings (SSSR count). The Morgan fingerprint density at radius 1 is 1.24 bits per heavy atom. The van der Waals surface area contributed by atoms with Gasteiger partial charge < -0.3 is 4.42 Å². The molecule has 0 bridgehead atoms. The molecule has 0 aliphatic rings. The minimum atomic E-state index is -0.0554. The maximum Gasteiger partial charge on any atom is 0.199 e. The predicted molar refractivity (Wildman–Crippen MR) is 73.1 cm³/mol. The topological polar surface area (TPSA) is 26.0 Å². The summed E-state index contributed by atoms with van der Waals surface area (Å²) in [6.07, 6.45) is 1.72. The van der Waals surface area contributed by atoms with Gasteiger partial charge in [0, 0.05) is 15.5 Å². The first-order valence-corrected chi connectivity index (χ1v) is 6.40. The van der Waals surface area contributed by atoms with E-state index in [0.717, 1.165) is 21.6 Å². The fourth-order valence-corrected chi connectivity index (χ4v) is 1.88. The van der Waals surface area contributed by atoms with Gasteiger partial charge in [0.05, 0.1) is 0 Å². The molecule has 0 saturated heterocycles. The first kappa shape index (κ1) is 12.4. The zero-order chi connectivity index (χ0) is 12.6. The van der Waals surface area contributed by atoms with Gasteiger partial charge in [0.25, 0.3) is 0 Å². The van der Waals surface area contributed by atoms with E-state index < -0.39 is 0 Å². The summed E-state index contributed by atoms with van der Waals surface area (Å²) in [6, 6.07) is 6.20. The smallest absolute Gasteiger partial charge is 0.199 e. The molecule has 0 fully saturated rings. The highest BCUT2D eigenvalue weighted by Gasteiger charge is 2.20. The van der Waals surface area contributed by atoms with Crippen LogP contribution in [0.1, 0.15) is 32.2 Å². The Labute approximate surface area is 110 Å². The Hall–Kier alpha value is -1.09. The molecule has 3 heteroatoms. The predicted octanol–water partition coefficient (Wildman–Crippen LogP) is 4.71. The summed E-state index contributed by atoms with van der Waals surface area (Å²) in [5.41, 5.74) is 3.12. The van der Waals surface area contributed by atoms with E-state index in [4.69, 9.17) is 4.42 Å². The number of benzene rings is 1. The van der Waals surface area contributed by atoms with Crippen molar-refractivity contribution in [2.75, 3.05) is 0 Å². The number of aryl methyl sites for hydroxylation is 1. The highest BCUT2D eigenvalue weighted by Crippen LogP contribution is 2.28. The van der Waals surface area contributed by atoms with Gasteiger partial charge in [-0.3, -0.25) is 0 Å². The lowest BCUT2D eigenvalue weighted by atomic mass is 9.97. The van der Waals surface area contributed by atoms with Gasteiger partial charge in [-0.15, -0.1) is 0 Å². The van der Waals surface area contributed by atoms with Crippen LogP contribution < -0.4 is 0 Å². The van der Waals surface area contributed by atoms with E-state index in [2.05, 4.69) is 66.8 Å². The Bertz CT molecular complexity index is 537. The number of halogens is 1. The summed E-state index contributed by atoms with van der Waals surface area (Å²) in [6.45, 7) is 8.34. The van der Waals surface area contributed by atoms with Crippen LogP contribution in [0.15, 0.2) is 33.4 Å². The molecule has 0 aliphatic heterocycles. The minimum Gasteiger partial charge on any atom is -0.448 e. The fourth-order valence-electron chi connectivity index (χ4n) is 1.50. The van der Waals surface area contributed by atoms with Crippen LogP contribution in [0.4, 0.5) is 0 Å². The van der Waals surface area contributed by atoms with Gasteiger partial charge >= 0.3 is 0 Å². The van der Waals surface area contributed by atoms with Gasteiger partial charge in [0.1, 0.15) is 12.0 Å². The summed E-state index contributed by atoms with van der Waals surface area (Å²) in [5.74, 6) is 0.768. The first-order valence-electron chi connectivity index (χ1n) is 5.60. The van der Waals surface area contributed by atoms with E-state index in [0.29, 0.717) is 0 Å². The largest absolute Gasteiger partial charge is 0.448 e. The maximum absolute atomic E-state index is 5.53. The van der Waals surface area contributed by atoms with Crippen LogP contribution >= 0.6 is 15.9 Å². The molecule has 90 valence electrons. The van der Waals surface area contributed by atoms with Crippen LogP contribution in [0.3, 0.4) is 0 Å². The zero-order valence-corrected chi connectivity index (χ0v) is 12.1.